The van der Waals surface area contributed by atoms with Gasteiger partial charge in [0, 0.05) is 31.8 Å². The molecule has 4 rings (SSSR count). The molecular formula is C52H83N13O14S. The molecule has 3 fully saturated rings. The number of carbonyl (C=O) groups is 10. The van der Waals surface area contributed by atoms with E-state index in [9.17, 15) is 68.4 Å². The van der Waals surface area contributed by atoms with Crippen LogP contribution in [0.5, 0.6) is 5.75 Å². The van der Waals surface area contributed by atoms with Crippen LogP contribution in [0, 0.1) is 11.8 Å². The number of guanidine groups is 1. The van der Waals surface area contributed by atoms with Crippen molar-refractivity contribution in [2.24, 2.45) is 28.3 Å². The average molecular weight is 1150 g/mol. The highest BCUT2D eigenvalue weighted by molar-refractivity contribution is 7.80. The first-order valence-corrected chi connectivity index (χ1v) is 28.0. The number of aliphatic hydroxyl groups excluding tert-OH is 2. The van der Waals surface area contributed by atoms with Gasteiger partial charge in [0.15, 0.2) is 5.96 Å². The van der Waals surface area contributed by atoms with Crippen LogP contribution >= 0.6 is 12.6 Å². The van der Waals surface area contributed by atoms with Gasteiger partial charge in [-0.25, -0.2) is 4.79 Å². The van der Waals surface area contributed by atoms with Crippen LogP contribution in [0.2, 0.25) is 0 Å². The summed E-state index contributed by atoms with van der Waals surface area (Å²) in [6.07, 6.45) is 1.92. The Morgan fingerprint density at radius 2 is 1.25 bits per heavy atom. The lowest BCUT2D eigenvalue weighted by atomic mass is 9.96. The van der Waals surface area contributed by atoms with E-state index in [1.54, 1.807) is 20.8 Å². The number of phenols is 1. The molecule has 0 bridgehead atoms. The van der Waals surface area contributed by atoms with Crippen molar-refractivity contribution in [2.45, 2.75) is 172 Å². The van der Waals surface area contributed by atoms with Crippen LogP contribution in [-0.4, -0.2) is 200 Å². The second kappa shape index (κ2) is 31.9. The summed E-state index contributed by atoms with van der Waals surface area (Å²) in [6.45, 7) is 8.33. The standard InChI is InChI=1S/C52H83N13O14S/c1-6-27(3)39(61-42(69)32-12-8-20-55-32)47(74)60-36(26-80)45(72)63-41(29(5)67)48(75)58-34(24-30-16-18-31(68)19-17-30)43(70)59-35(25-66)44(71)62-40(28(4)7-2)50(77)65-23-11-15-38(65)49(76)64-22-10-14-37(64)46(73)57-33(51(78)79)13-9-21-56-52(53)54/h16-19,27-29,32-41,55,66-68,80H,6-15,20-26H2,1-5H3,(H,57,73)(H,58,75)(H,59,70)(H,60,74)(H,61,69)(H,62,71)(H,63,72)(H,78,79)(H4,53,54,56)/t27-,28-,29+,32-,33-,34-,35-,36-,37-,38-,39-,40-,41-/m0/s1. The van der Waals surface area contributed by atoms with Crippen LogP contribution in [-0.2, 0) is 54.4 Å². The van der Waals surface area contributed by atoms with Gasteiger partial charge in [0.05, 0.1) is 18.8 Å². The van der Waals surface area contributed by atoms with Crippen molar-refractivity contribution in [1.82, 2.24) is 52.3 Å². The molecule has 3 aliphatic rings. The van der Waals surface area contributed by atoms with Crippen molar-refractivity contribution < 1.29 is 68.4 Å². The van der Waals surface area contributed by atoms with E-state index >= 15 is 0 Å². The molecule has 0 radical (unpaired) electrons. The molecule has 446 valence electrons. The Hall–Kier alpha value is -6.78. The molecule has 3 aliphatic heterocycles. The number of carbonyl (C=O) groups excluding carboxylic acids is 9. The number of aliphatic carboxylic acids is 1. The lowest BCUT2D eigenvalue weighted by molar-refractivity contribution is -0.149. The molecular weight excluding hydrogens is 1060 g/mol. The van der Waals surface area contributed by atoms with Crippen LogP contribution in [0.4, 0.5) is 0 Å². The Morgan fingerprint density at radius 1 is 0.688 bits per heavy atom. The summed E-state index contributed by atoms with van der Waals surface area (Å²) in [4.78, 5) is 144. The van der Waals surface area contributed by atoms with Crippen molar-refractivity contribution in [3.8, 4) is 5.75 Å². The average Bonchev–Trinajstić information content (AvgIpc) is 4.27. The van der Waals surface area contributed by atoms with Crippen molar-refractivity contribution in [2.75, 3.05) is 38.5 Å². The number of amides is 9. The highest BCUT2D eigenvalue weighted by Gasteiger charge is 2.45. The number of hydrogen-bond acceptors (Lipinski definition) is 16. The molecule has 27 nitrogen and oxygen atoms in total. The van der Waals surface area contributed by atoms with E-state index in [-0.39, 0.29) is 81.0 Å². The molecule has 1 aromatic carbocycles. The van der Waals surface area contributed by atoms with Gasteiger partial charge in [0.25, 0.3) is 0 Å². The fraction of sp³-hybridized carbons (Fsp3) is 0.673. The number of aromatic hydroxyl groups is 1. The number of rotatable bonds is 30. The van der Waals surface area contributed by atoms with Crippen LogP contribution in [0.1, 0.15) is 104 Å². The van der Waals surface area contributed by atoms with E-state index < -0.39 is 132 Å². The minimum Gasteiger partial charge on any atom is -0.508 e. The predicted molar refractivity (Wildman–Crippen MR) is 295 cm³/mol. The predicted octanol–water partition coefficient (Wildman–Crippen LogP) is -3.40. The third-order valence-electron chi connectivity index (χ3n) is 14.9. The zero-order valence-corrected chi connectivity index (χ0v) is 47.0. The topological polar surface area (TPSA) is 419 Å². The summed E-state index contributed by atoms with van der Waals surface area (Å²) in [5, 5.41) is 62.1. The van der Waals surface area contributed by atoms with Gasteiger partial charge in [-0.2, -0.15) is 12.6 Å². The lowest BCUT2D eigenvalue weighted by Crippen LogP contribution is -2.63. The summed E-state index contributed by atoms with van der Waals surface area (Å²) < 4.78 is 0. The number of aliphatic imine (C=N–C) groups is 1. The van der Waals surface area contributed by atoms with Crippen LogP contribution in [0.25, 0.3) is 0 Å². The normalized spacial score (nSPS) is 20.7. The maximum Gasteiger partial charge on any atom is 0.326 e. The summed E-state index contributed by atoms with van der Waals surface area (Å²) in [5.74, 6) is -9.65. The van der Waals surface area contributed by atoms with E-state index in [4.69, 9.17) is 11.5 Å². The van der Waals surface area contributed by atoms with Gasteiger partial charge in [0.1, 0.15) is 60.1 Å². The lowest BCUT2D eigenvalue weighted by Gasteiger charge is -2.35. The van der Waals surface area contributed by atoms with Crippen LogP contribution < -0.4 is 54.0 Å². The highest BCUT2D eigenvalue weighted by Crippen LogP contribution is 2.27. The summed E-state index contributed by atoms with van der Waals surface area (Å²) >= 11 is 4.25. The molecule has 0 aliphatic carbocycles. The number of phenolic OH excluding ortho intramolecular Hbond substituents is 1. The molecule has 28 heteroatoms. The summed E-state index contributed by atoms with van der Waals surface area (Å²) in [6, 6.07) is -6.98. The van der Waals surface area contributed by atoms with E-state index in [1.807, 2.05) is 6.92 Å². The van der Waals surface area contributed by atoms with E-state index in [1.165, 1.54) is 41.0 Å². The number of thiol groups is 1. The van der Waals surface area contributed by atoms with Gasteiger partial charge in [0.2, 0.25) is 53.2 Å². The smallest absolute Gasteiger partial charge is 0.326 e. The third kappa shape index (κ3) is 18.7. The number of nitrogens with zero attached hydrogens (tertiary/aromatic N) is 3. The summed E-state index contributed by atoms with van der Waals surface area (Å²) in [7, 11) is 0. The van der Waals surface area contributed by atoms with Gasteiger partial charge in [-0.1, -0.05) is 52.7 Å². The molecule has 0 saturated carbocycles. The summed E-state index contributed by atoms with van der Waals surface area (Å²) in [5.41, 5.74) is 11.1. The number of nitrogens with two attached hydrogens (primary N) is 2. The van der Waals surface area contributed by atoms with Gasteiger partial charge in [-0.15, -0.1) is 0 Å². The Morgan fingerprint density at radius 3 is 1.82 bits per heavy atom. The minimum absolute atomic E-state index is 0.0145. The molecule has 0 spiro atoms. The van der Waals surface area contributed by atoms with Gasteiger partial charge < -0.3 is 84.2 Å². The Kier molecular flexibility index (Phi) is 26.2. The van der Waals surface area contributed by atoms with Gasteiger partial charge >= 0.3 is 5.97 Å². The minimum atomic E-state index is -1.74. The van der Waals surface area contributed by atoms with Crippen molar-refractivity contribution in [3.63, 3.8) is 0 Å². The molecule has 0 unspecified atom stereocenters. The zero-order chi connectivity index (χ0) is 59.4. The Labute approximate surface area is 471 Å². The number of benzene rings is 1. The quantitative estimate of drug-likeness (QED) is 0.0154. The Bertz CT molecular complexity index is 2360. The van der Waals surface area contributed by atoms with Gasteiger partial charge in [-0.3, -0.25) is 48.1 Å². The molecule has 13 atom stereocenters. The van der Waals surface area contributed by atoms with Crippen LogP contribution in [0.15, 0.2) is 29.3 Å². The maximum absolute atomic E-state index is 14.5. The maximum atomic E-state index is 14.5. The first-order chi connectivity index (χ1) is 38.0. The number of carboxylic acid groups (broad SMARTS) is 1. The first kappa shape index (κ1) is 65.7. The monoisotopic (exact) mass is 1150 g/mol. The van der Waals surface area contributed by atoms with E-state index in [2.05, 4.69) is 60.2 Å². The largest absolute Gasteiger partial charge is 0.508 e. The van der Waals surface area contributed by atoms with Crippen molar-refractivity contribution in [3.05, 3.63) is 29.8 Å². The fourth-order valence-corrected chi connectivity index (χ4v) is 9.97. The third-order valence-corrected chi connectivity index (χ3v) is 15.2. The van der Waals surface area contributed by atoms with Gasteiger partial charge in [-0.05, 0) is 94.4 Å². The first-order valence-electron chi connectivity index (χ1n) is 27.4. The zero-order valence-electron chi connectivity index (χ0n) is 46.2. The molecule has 3 saturated heterocycles. The molecule has 0 aromatic heterocycles. The second-order valence-electron chi connectivity index (χ2n) is 20.8. The fourth-order valence-electron chi connectivity index (χ4n) is 9.71. The van der Waals surface area contributed by atoms with Crippen molar-refractivity contribution >= 4 is 77.7 Å². The molecule has 80 heavy (non-hydrogen) atoms. The SMILES string of the molecule is CC[C@H](C)[C@H](NC(=O)[C@@H]1CCCN1)C(=O)N[C@@H](CS)C(=O)N[C@H](C(=O)N[C@@H](Cc1ccc(O)cc1)C(=O)N[C@@H](CO)C(=O)N[C@H](C(=O)N1CCC[C@H]1C(=O)N1CCC[C@H]1C(=O)N[C@@H](CCCN=C(N)N)C(=O)O)[C@@H](C)CC)[C@@H](C)O. The number of likely N-dealkylation sites (tertiary alicyclic amines) is 2. The molecule has 3 heterocycles. The number of nitrogens with one attached hydrogen (secondary N) is 8. The number of hydrogen-bond donors (Lipinski definition) is 15. The molecule has 9 amide bonds. The van der Waals surface area contributed by atoms with Crippen molar-refractivity contribution in [1.29, 1.82) is 0 Å². The van der Waals surface area contributed by atoms with E-state index in [0.29, 0.717) is 44.2 Å². The highest BCUT2D eigenvalue weighted by atomic mass is 32.1. The number of carboxylic acids is 1. The van der Waals surface area contributed by atoms with E-state index in [0.717, 1.165) is 6.42 Å². The molecule has 1 aromatic rings. The number of aliphatic hydroxyl groups is 2. The van der Waals surface area contributed by atoms with Crippen LogP contribution in [0.3, 0.4) is 0 Å². The molecule has 16 N–H and O–H groups in total. The second-order valence-corrected chi connectivity index (χ2v) is 21.1. The Balaban J connectivity index is 1.48.